The van der Waals surface area contributed by atoms with E-state index in [1.807, 2.05) is 0 Å². The van der Waals surface area contributed by atoms with Gasteiger partial charge < -0.3 is 32.0 Å². The third-order valence-corrected chi connectivity index (χ3v) is 8.04. The van der Waals surface area contributed by atoms with Crippen molar-refractivity contribution in [2.75, 3.05) is 38.0 Å². The highest BCUT2D eigenvalue weighted by molar-refractivity contribution is 6.21. The van der Waals surface area contributed by atoms with Crippen molar-refractivity contribution in [3.8, 4) is 0 Å². The molecule has 0 saturated carbocycles. The summed E-state index contributed by atoms with van der Waals surface area (Å²) in [5, 5.41) is 7.74. The molecule has 1 saturated heterocycles. The Morgan fingerprint density at radius 1 is 1.03 bits per heavy atom. The Morgan fingerprint density at radius 3 is 2.42 bits per heavy atom. The second-order valence-corrected chi connectivity index (χ2v) is 10.6. The summed E-state index contributed by atoms with van der Waals surface area (Å²) < 4.78 is 0. The Balaban J connectivity index is 0.00000181. The number of likely N-dealkylation sites (tertiary alicyclic amines) is 1. The van der Waals surface area contributed by atoms with Crippen LogP contribution in [0.5, 0.6) is 0 Å². The number of nitrogens with zero attached hydrogens (tertiary/aromatic N) is 1. The largest absolute Gasteiger partial charge is 0.412 e. The molecule has 0 amide bonds. The Bertz CT molecular complexity index is 710. The number of piperidine rings is 1. The molecule has 0 bridgehead atoms. The number of hydrogen-bond acceptors (Lipinski definition) is 3. The molecule has 1 aromatic carbocycles. The summed E-state index contributed by atoms with van der Waals surface area (Å²) in [5.74, 6) is 2.94. The summed E-state index contributed by atoms with van der Waals surface area (Å²) in [5.41, 5.74) is 2.83. The van der Waals surface area contributed by atoms with E-state index in [4.69, 9.17) is 11.6 Å². The number of halogens is 1. The molecule has 6 nitrogen and oxygen atoms in total. The predicted octanol–water partition coefficient (Wildman–Crippen LogP) is 3.01. The third-order valence-electron chi connectivity index (χ3n) is 7.68. The summed E-state index contributed by atoms with van der Waals surface area (Å²) in [4.78, 5) is 2.71. The fraction of sp³-hybridized carbons (Fsp3) is 0.692. The van der Waals surface area contributed by atoms with E-state index in [0.717, 1.165) is 31.3 Å². The van der Waals surface area contributed by atoms with Gasteiger partial charge in [0.05, 0.1) is 5.38 Å². The molecule has 0 spiro atoms. The summed E-state index contributed by atoms with van der Waals surface area (Å²) >= 11 is 6.23. The fourth-order valence-corrected chi connectivity index (χ4v) is 5.82. The van der Waals surface area contributed by atoms with Crippen LogP contribution in [-0.4, -0.2) is 65.5 Å². The summed E-state index contributed by atoms with van der Waals surface area (Å²) in [6, 6.07) is 9.38. The normalized spacial score (nSPS) is 25.9. The lowest BCUT2D eigenvalue weighted by Crippen LogP contribution is -2.47. The van der Waals surface area contributed by atoms with Crippen LogP contribution in [0.15, 0.2) is 36.4 Å². The number of anilines is 1. The van der Waals surface area contributed by atoms with E-state index in [9.17, 15) is 0 Å². The molecule has 33 heavy (non-hydrogen) atoms. The van der Waals surface area contributed by atoms with Crippen LogP contribution in [0.1, 0.15) is 57.4 Å². The van der Waals surface area contributed by atoms with E-state index in [1.165, 1.54) is 56.6 Å². The van der Waals surface area contributed by atoms with Gasteiger partial charge >= 0.3 is 0 Å². The van der Waals surface area contributed by atoms with Gasteiger partial charge in [0, 0.05) is 30.7 Å². The molecular formula is C26H46ClN3O3. The number of para-hydroxylation sites is 1. The zero-order valence-electron chi connectivity index (χ0n) is 20.3. The number of fused-ring (bicyclic) bond motifs is 1. The summed E-state index contributed by atoms with van der Waals surface area (Å²) in [6.45, 7) is 10.6. The molecule has 1 aliphatic carbocycles. The first kappa shape index (κ1) is 29.9. The Hall–Kier alpha value is -1.15. The lowest BCUT2D eigenvalue weighted by molar-refractivity contribution is 0.135. The highest BCUT2D eigenvalue weighted by Gasteiger charge is 2.29. The Labute approximate surface area is 205 Å². The molecule has 1 fully saturated rings. The van der Waals surface area contributed by atoms with Gasteiger partial charge in [0.15, 0.2) is 0 Å². The van der Waals surface area contributed by atoms with E-state index in [-0.39, 0.29) is 21.8 Å². The van der Waals surface area contributed by atoms with Gasteiger partial charge in [0.2, 0.25) is 0 Å². The molecule has 8 N–H and O–H groups in total. The van der Waals surface area contributed by atoms with E-state index in [0.29, 0.717) is 17.9 Å². The van der Waals surface area contributed by atoms with Crippen molar-refractivity contribution >= 4 is 17.3 Å². The number of rotatable bonds is 8. The third kappa shape index (κ3) is 7.94. The van der Waals surface area contributed by atoms with Gasteiger partial charge in [-0.2, -0.15) is 0 Å². The molecule has 2 aliphatic heterocycles. The standard InChI is InChI=1S/C26H40ClN3.3H2O/c1-19(2)26(28-14-11-22-17-29-25-6-4-3-5-24(22)25)18-30-15-12-21(13-16-30)20-7-9-23(27)10-8-20;;;/h3-7,9,19-23,26,28-29H,8,10-18H2,1-2H3;3*1H2/t20?,22?,23?,26-;;;/m0.../s1. The topological polar surface area (TPSA) is 122 Å². The van der Waals surface area contributed by atoms with Gasteiger partial charge in [0.1, 0.15) is 0 Å². The fourth-order valence-electron chi connectivity index (χ4n) is 5.61. The molecule has 0 aromatic heterocycles. The van der Waals surface area contributed by atoms with Crippen molar-refractivity contribution in [1.82, 2.24) is 10.2 Å². The van der Waals surface area contributed by atoms with Crippen molar-refractivity contribution < 1.29 is 16.4 Å². The smallest absolute Gasteiger partial charge is 0.0516 e. The first-order valence-corrected chi connectivity index (χ1v) is 12.6. The molecule has 7 heteroatoms. The Kier molecular flexibility index (Phi) is 12.9. The van der Waals surface area contributed by atoms with Crippen LogP contribution >= 0.6 is 11.6 Å². The average molecular weight is 484 g/mol. The quantitative estimate of drug-likeness (QED) is 0.436. The van der Waals surface area contributed by atoms with Crippen LogP contribution in [0.2, 0.25) is 0 Å². The Morgan fingerprint density at radius 2 is 1.76 bits per heavy atom. The first-order valence-electron chi connectivity index (χ1n) is 12.2. The van der Waals surface area contributed by atoms with E-state index in [1.54, 1.807) is 0 Å². The zero-order chi connectivity index (χ0) is 20.9. The van der Waals surface area contributed by atoms with Crippen molar-refractivity contribution in [2.24, 2.45) is 17.8 Å². The highest BCUT2D eigenvalue weighted by atomic mass is 35.5. The van der Waals surface area contributed by atoms with Crippen molar-refractivity contribution in [2.45, 2.75) is 63.3 Å². The summed E-state index contributed by atoms with van der Waals surface area (Å²) in [7, 11) is 0. The number of nitrogens with one attached hydrogen (secondary N) is 2. The average Bonchev–Trinajstić information content (AvgIpc) is 3.17. The molecule has 2 heterocycles. The maximum absolute atomic E-state index is 6.23. The minimum Gasteiger partial charge on any atom is -0.412 e. The van der Waals surface area contributed by atoms with E-state index < -0.39 is 0 Å². The van der Waals surface area contributed by atoms with E-state index in [2.05, 4.69) is 65.8 Å². The maximum atomic E-state index is 6.23. The minimum atomic E-state index is 0. The van der Waals surface area contributed by atoms with Gasteiger partial charge in [-0.15, -0.1) is 11.6 Å². The maximum Gasteiger partial charge on any atom is 0.0516 e. The molecule has 0 radical (unpaired) electrons. The predicted molar refractivity (Wildman–Crippen MR) is 140 cm³/mol. The van der Waals surface area contributed by atoms with Gasteiger partial charge in [0.25, 0.3) is 0 Å². The minimum absolute atomic E-state index is 0. The van der Waals surface area contributed by atoms with Crippen molar-refractivity contribution in [3.05, 3.63) is 42.0 Å². The van der Waals surface area contributed by atoms with Crippen LogP contribution in [0, 0.1) is 17.8 Å². The molecular weight excluding hydrogens is 438 g/mol. The van der Waals surface area contributed by atoms with E-state index >= 15 is 0 Å². The molecule has 3 aliphatic rings. The number of alkyl halides is 1. The molecule has 190 valence electrons. The molecule has 4 atom stereocenters. The SMILES string of the molecule is CC(C)[C@H](CN1CCC(C2C=CC(Cl)CC2)CC1)NCCC1CNc2ccccc21.O.O.O. The first-order chi connectivity index (χ1) is 14.6. The van der Waals surface area contributed by atoms with Gasteiger partial charge in [-0.05, 0) is 81.1 Å². The monoisotopic (exact) mass is 483 g/mol. The van der Waals surface area contributed by atoms with Crippen LogP contribution in [0.4, 0.5) is 5.69 Å². The lowest BCUT2D eigenvalue weighted by atomic mass is 9.79. The van der Waals surface area contributed by atoms with Crippen LogP contribution in [0.25, 0.3) is 0 Å². The second-order valence-electron chi connectivity index (χ2n) is 10.0. The van der Waals surface area contributed by atoms with Gasteiger partial charge in [-0.3, -0.25) is 0 Å². The van der Waals surface area contributed by atoms with Gasteiger partial charge in [-0.1, -0.05) is 44.2 Å². The zero-order valence-corrected chi connectivity index (χ0v) is 21.1. The number of allylic oxidation sites excluding steroid dienone is 2. The van der Waals surface area contributed by atoms with Crippen LogP contribution in [-0.2, 0) is 0 Å². The summed E-state index contributed by atoms with van der Waals surface area (Å²) in [6.07, 6.45) is 11.0. The second kappa shape index (κ2) is 14.3. The highest BCUT2D eigenvalue weighted by Crippen LogP contribution is 2.34. The van der Waals surface area contributed by atoms with Crippen molar-refractivity contribution in [1.29, 1.82) is 0 Å². The number of hydrogen-bond donors (Lipinski definition) is 2. The molecule has 3 unspecified atom stereocenters. The number of benzene rings is 1. The lowest BCUT2D eigenvalue weighted by Gasteiger charge is -2.38. The van der Waals surface area contributed by atoms with Gasteiger partial charge in [-0.25, -0.2) is 0 Å². The van der Waals surface area contributed by atoms with Crippen LogP contribution < -0.4 is 10.6 Å². The van der Waals surface area contributed by atoms with Crippen LogP contribution in [0.3, 0.4) is 0 Å². The van der Waals surface area contributed by atoms with Crippen molar-refractivity contribution in [3.63, 3.8) is 0 Å². The molecule has 1 aromatic rings. The molecule has 4 rings (SSSR count).